The normalized spacial score (nSPS) is 10.4. The molecule has 0 aliphatic carbocycles. The van der Waals surface area contributed by atoms with Crippen LogP contribution in [0.1, 0.15) is 20.8 Å². The average molecular weight is 263 g/mol. The molecule has 0 spiro atoms. The average Bonchev–Trinajstić information content (AvgIpc) is 2.81. The first-order valence-corrected chi connectivity index (χ1v) is 6.25. The molecule has 5 heteroatoms. The molecule has 1 N–H and O–H groups in total. The number of rotatable bonds is 3. The van der Waals surface area contributed by atoms with Crippen LogP contribution in [0.15, 0.2) is 17.6 Å². The van der Waals surface area contributed by atoms with Crippen LogP contribution < -0.4 is 4.74 Å². The van der Waals surface area contributed by atoms with E-state index in [-0.39, 0.29) is 4.88 Å². The van der Waals surface area contributed by atoms with Gasteiger partial charge in [-0.1, -0.05) is 0 Å². The third-order valence-electron chi connectivity index (χ3n) is 2.83. The number of aryl methyl sites for hydroxylation is 2. The van der Waals surface area contributed by atoms with E-state index in [0.717, 1.165) is 28.0 Å². The van der Waals surface area contributed by atoms with Gasteiger partial charge in [-0.3, -0.25) is 0 Å². The molecule has 0 bridgehead atoms. The number of carboxylic acids is 1. The highest BCUT2D eigenvalue weighted by Gasteiger charge is 2.19. The molecule has 0 amide bonds. The molecule has 94 valence electrons. The number of ether oxygens (including phenoxy) is 1. The van der Waals surface area contributed by atoms with E-state index in [9.17, 15) is 4.79 Å². The van der Waals surface area contributed by atoms with Gasteiger partial charge in [0.15, 0.2) is 0 Å². The fraction of sp³-hybridized carbons (Fsp3) is 0.231. The highest BCUT2D eigenvalue weighted by Crippen LogP contribution is 2.35. The van der Waals surface area contributed by atoms with E-state index in [1.165, 1.54) is 5.51 Å². The van der Waals surface area contributed by atoms with E-state index >= 15 is 0 Å². The molecule has 0 fully saturated rings. The van der Waals surface area contributed by atoms with Gasteiger partial charge in [-0.25, -0.2) is 9.78 Å². The number of nitrogens with zero attached hydrogens (tertiary/aromatic N) is 1. The lowest BCUT2D eigenvalue weighted by Crippen LogP contribution is -1.98. The summed E-state index contributed by atoms with van der Waals surface area (Å²) in [4.78, 5) is 15.5. The van der Waals surface area contributed by atoms with Crippen LogP contribution in [-0.2, 0) is 0 Å². The Morgan fingerprint density at radius 2 is 2.00 bits per heavy atom. The third kappa shape index (κ3) is 2.09. The van der Waals surface area contributed by atoms with Crippen molar-refractivity contribution >= 4 is 17.3 Å². The van der Waals surface area contributed by atoms with E-state index in [2.05, 4.69) is 4.98 Å². The lowest BCUT2D eigenvalue weighted by atomic mass is 10.0. The number of benzene rings is 1. The minimum atomic E-state index is -0.965. The SMILES string of the molecule is COc1cc(C)c(C)cc1-c1ncsc1C(=O)O. The second kappa shape index (κ2) is 4.78. The first-order chi connectivity index (χ1) is 8.54. The molecule has 0 unspecified atom stereocenters. The minimum absolute atomic E-state index is 0.233. The number of carboxylic acid groups (broad SMARTS) is 1. The van der Waals surface area contributed by atoms with Crippen molar-refractivity contribution < 1.29 is 14.6 Å². The topological polar surface area (TPSA) is 59.4 Å². The van der Waals surface area contributed by atoms with Gasteiger partial charge in [0, 0.05) is 5.56 Å². The van der Waals surface area contributed by atoms with Crippen molar-refractivity contribution in [1.29, 1.82) is 0 Å². The van der Waals surface area contributed by atoms with Crippen molar-refractivity contribution in [2.45, 2.75) is 13.8 Å². The van der Waals surface area contributed by atoms with Crippen LogP contribution in [0.3, 0.4) is 0 Å². The van der Waals surface area contributed by atoms with Gasteiger partial charge in [-0.2, -0.15) is 0 Å². The smallest absolute Gasteiger partial charge is 0.348 e. The highest BCUT2D eigenvalue weighted by molar-refractivity contribution is 7.12. The Kier molecular flexibility index (Phi) is 3.34. The molecule has 2 rings (SSSR count). The quantitative estimate of drug-likeness (QED) is 0.924. The molecule has 1 aromatic heterocycles. The Bertz CT molecular complexity index is 604. The van der Waals surface area contributed by atoms with E-state index in [0.29, 0.717) is 11.4 Å². The summed E-state index contributed by atoms with van der Waals surface area (Å²) in [5, 5.41) is 9.13. The molecule has 0 atom stereocenters. The van der Waals surface area contributed by atoms with Gasteiger partial charge in [0.1, 0.15) is 10.6 Å². The summed E-state index contributed by atoms with van der Waals surface area (Å²) in [5.74, 6) is -0.320. The van der Waals surface area contributed by atoms with Crippen molar-refractivity contribution in [2.75, 3.05) is 7.11 Å². The predicted octanol–water partition coefficient (Wildman–Crippen LogP) is 3.13. The second-order valence-corrected chi connectivity index (χ2v) is 4.83. The first kappa shape index (κ1) is 12.6. The van der Waals surface area contributed by atoms with Crippen LogP contribution in [0.4, 0.5) is 0 Å². The third-order valence-corrected chi connectivity index (χ3v) is 3.65. The summed E-state index contributed by atoms with van der Waals surface area (Å²) in [6.45, 7) is 3.96. The zero-order valence-electron chi connectivity index (χ0n) is 10.4. The molecule has 18 heavy (non-hydrogen) atoms. The molecule has 1 heterocycles. The Balaban J connectivity index is 2.66. The summed E-state index contributed by atoms with van der Waals surface area (Å²) in [5.41, 5.74) is 4.90. The van der Waals surface area contributed by atoms with Crippen molar-refractivity contribution in [3.05, 3.63) is 33.6 Å². The first-order valence-electron chi connectivity index (χ1n) is 5.37. The molecule has 4 nitrogen and oxygen atoms in total. The zero-order valence-corrected chi connectivity index (χ0v) is 11.2. The summed E-state index contributed by atoms with van der Waals surface area (Å²) >= 11 is 1.12. The van der Waals surface area contributed by atoms with E-state index in [1.54, 1.807) is 7.11 Å². The van der Waals surface area contributed by atoms with E-state index < -0.39 is 5.97 Å². The Morgan fingerprint density at radius 3 is 2.61 bits per heavy atom. The van der Waals surface area contributed by atoms with Gasteiger partial charge >= 0.3 is 5.97 Å². The Labute approximate surface area is 109 Å². The van der Waals surface area contributed by atoms with Gasteiger partial charge in [0.25, 0.3) is 0 Å². The molecule has 2 aromatic rings. The molecule has 1 aromatic carbocycles. The van der Waals surface area contributed by atoms with E-state index in [4.69, 9.17) is 9.84 Å². The number of aromatic carboxylic acids is 1. The number of thiazole rings is 1. The van der Waals surface area contributed by atoms with Crippen molar-refractivity contribution in [2.24, 2.45) is 0 Å². The van der Waals surface area contributed by atoms with Crippen LogP contribution in [0.25, 0.3) is 11.3 Å². The Morgan fingerprint density at radius 1 is 1.33 bits per heavy atom. The van der Waals surface area contributed by atoms with E-state index in [1.807, 2.05) is 26.0 Å². The van der Waals surface area contributed by atoms with Crippen LogP contribution in [0.5, 0.6) is 5.75 Å². The summed E-state index contributed by atoms with van der Waals surface area (Å²) in [6, 6.07) is 3.81. The van der Waals surface area contributed by atoms with Crippen LogP contribution >= 0.6 is 11.3 Å². The monoisotopic (exact) mass is 263 g/mol. The maximum Gasteiger partial charge on any atom is 0.348 e. The maximum atomic E-state index is 11.1. The van der Waals surface area contributed by atoms with Crippen molar-refractivity contribution in [3.63, 3.8) is 0 Å². The number of methoxy groups -OCH3 is 1. The second-order valence-electron chi connectivity index (χ2n) is 3.97. The van der Waals surface area contributed by atoms with Crippen molar-refractivity contribution in [1.82, 2.24) is 4.98 Å². The number of hydrogen-bond donors (Lipinski definition) is 1. The Hall–Kier alpha value is -1.88. The molecule has 0 saturated heterocycles. The molecular formula is C13H13NO3S. The summed E-state index contributed by atoms with van der Waals surface area (Å²) in [7, 11) is 1.57. The van der Waals surface area contributed by atoms with Gasteiger partial charge in [0.05, 0.1) is 18.3 Å². The summed E-state index contributed by atoms with van der Waals surface area (Å²) < 4.78 is 5.31. The number of carbonyl (C=O) groups is 1. The number of hydrogen-bond acceptors (Lipinski definition) is 4. The maximum absolute atomic E-state index is 11.1. The van der Waals surface area contributed by atoms with Crippen molar-refractivity contribution in [3.8, 4) is 17.0 Å². The van der Waals surface area contributed by atoms with Gasteiger partial charge < -0.3 is 9.84 Å². The van der Waals surface area contributed by atoms with Gasteiger partial charge in [-0.05, 0) is 37.1 Å². The fourth-order valence-electron chi connectivity index (χ4n) is 1.73. The molecule has 0 aliphatic rings. The summed E-state index contributed by atoms with van der Waals surface area (Å²) in [6.07, 6.45) is 0. The van der Waals surface area contributed by atoms with Crippen LogP contribution in [0, 0.1) is 13.8 Å². The van der Waals surface area contributed by atoms with Crippen LogP contribution in [0.2, 0.25) is 0 Å². The minimum Gasteiger partial charge on any atom is -0.496 e. The zero-order chi connectivity index (χ0) is 13.3. The lowest BCUT2D eigenvalue weighted by molar-refractivity contribution is 0.0702. The molecular weight excluding hydrogens is 250 g/mol. The van der Waals surface area contributed by atoms with Gasteiger partial charge in [-0.15, -0.1) is 11.3 Å². The molecule has 0 radical (unpaired) electrons. The fourth-order valence-corrected chi connectivity index (χ4v) is 2.37. The lowest BCUT2D eigenvalue weighted by Gasteiger charge is -2.10. The van der Waals surface area contributed by atoms with Gasteiger partial charge in [0.2, 0.25) is 0 Å². The standard InChI is InChI=1S/C13H13NO3S/c1-7-4-9(10(17-3)5-8(7)2)11-12(13(15)16)18-6-14-11/h4-6H,1-3H3,(H,15,16). The predicted molar refractivity (Wildman–Crippen MR) is 70.5 cm³/mol. The molecule has 0 aliphatic heterocycles. The molecule has 0 saturated carbocycles. The van der Waals surface area contributed by atoms with Crippen LogP contribution in [-0.4, -0.2) is 23.2 Å². The highest BCUT2D eigenvalue weighted by atomic mass is 32.1. The largest absolute Gasteiger partial charge is 0.496 e. The number of aromatic nitrogens is 1.